The van der Waals surface area contributed by atoms with E-state index in [0.717, 1.165) is 16.7 Å². The molecule has 0 unspecified atom stereocenters. The average molecular weight is 473 g/mol. The normalized spacial score (nSPS) is 14.6. The molecular formula is C23H24N2O5S2. The Hall–Kier alpha value is -2.88. The van der Waals surface area contributed by atoms with Crippen molar-refractivity contribution in [1.82, 2.24) is 4.31 Å². The number of hydrogen-bond acceptors (Lipinski definition) is 5. The van der Waals surface area contributed by atoms with Crippen LogP contribution in [-0.4, -0.2) is 34.8 Å². The molecule has 32 heavy (non-hydrogen) atoms. The molecule has 7 nitrogen and oxygen atoms in total. The lowest BCUT2D eigenvalue weighted by Crippen LogP contribution is -2.36. The van der Waals surface area contributed by atoms with Gasteiger partial charge >= 0.3 is 0 Å². The van der Waals surface area contributed by atoms with Crippen LogP contribution in [0.5, 0.6) is 5.75 Å². The maximum atomic E-state index is 13.1. The first-order chi connectivity index (χ1) is 15.2. The topological polar surface area (TPSA) is 92.8 Å². The quantitative estimate of drug-likeness (QED) is 0.592. The van der Waals surface area contributed by atoms with Gasteiger partial charge in [-0.05, 0) is 60.9 Å². The predicted molar refractivity (Wildman–Crippen MR) is 123 cm³/mol. The minimum absolute atomic E-state index is 0.0816. The van der Waals surface area contributed by atoms with E-state index in [1.807, 2.05) is 13.0 Å². The minimum Gasteiger partial charge on any atom is -0.497 e. The van der Waals surface area contributed by atoms with E-state index in [4.69, 9.17) is 4.74 Å². The van der Waals surface area contributed by atoms with Crippen LogP contribution in [-0.2, 0) is 33.0 Å². The third-order valence-electron chi connectivity index (χ3n) is 5.45. The van der Waals surface area contributed by atoms with Crippen molar-refractivity contribution in [1.29, 1.82) is 0 Å². The maximum Gasteiger partial charge on any atom is 0.262 e. The highest BCUT2D eigenvalue weighted by Gasteiger charge is 2.28. The van der Waals surface area contributed by atoms with Gasteiger partial charge in [0.1, 0.15) is 5.75 Å². The summed E-state index contributed by atoms with van der Waals surface area (Å²) in [5, 5.41) is 0. The number of anilines is 1. The summed E-state index contributed by atoms with van der Waals surface area (Å²) in [6, 6.07) is 18.2. The van der Waals surface area contributed by atoms with Crippen molar-refractivity contribution >= 4 is 25.7 Å². The van der Waals surface area contributed by atoms with Crippen molar-refractivity contribution in [3.05, 3.63) is 83.4 Å². The number of hydrogen-bond donors (Lipinski definition) is 1. The number of nitrogens with zero attached hydrogens (tertiary/aromatic N) is 1. The van der Waals surface area contributed by atoms with Crippen LogP contribution >= 0.6 is 0 Å². The van der Waals surface area contributed by atoms with Crippen molar-refractivity contribution < 1.29 is 21.6 Å². The Labute approximate surface area is 188 Å². The lowest BCUT2D eigenvalue weighted by atomic mass is 10.0. The van der Waals surface area contributed by atoms with E-state index in [9.17, 15) is 16.8 Å². The fourth-order valence-corrected chi connectivity index (χ4v) is 6.14. The van der Waals surface area contributed by atoms with Gasteiger partial charge in [-0.3, -0.25) is 4.72 Å². The Kier molecular flexibility index (Phi) is 5.98. The van der Waals surface area contributed by atoms with Crippen molar-refractivity contribution in [2.24, 2.45) is 0 Å². The number of nitrogens with one attached hydrogen (secondary N) is 1. The number of rotatable bonds is 6. The Morgan fingerprint density at radius 1 is 0.875 bits per heavy atom. The molecule has 0 radical (unpaired) electrons. The van der Waals surface area contributed by atoms with Crippen molar-refractivity contribution in [2.75, 3.05) is 18.4 Å². The van der Waals surface area contributed by atoms with E-state index in [-0.39, 0.29) is 16.3 Å². The largest absolute Gasteiger partial charge is 0.497 e. The molecule has 0 amide bonds. The summed E-state index contributed by atoms with van der Waals surface area (Å²) in [6.07, 6.45) is 0.559. The van der Waals surface area contributed by atoms with Gasteiger partial charge in [-0.1, -0.05) is 29.8 Å². The lowest BCUT2D eigenvalue weighted by molar-refractivity contribution is 0.391. The van der Waals surface area contributed by atoms with E-state index >= 15 is 0 Å². The first-order valence-corrected chi connectivity index (χ1v) is 13.0. The molecule has 0 spiro atoms. The second kappa shape index (κ2) is 8.57. The van der Waals surface area contributed by atoms with Gasteiger partial charge in [0.15, 0.2) is 0 Å². The molecule has 0 saturated heterocycles. The summed E-state index contributed by atoms with van der Waals surface area (Å²) < 4.78 is 60.9. The van der Waals surface area contributed by atoms with E-state index in [1.165, 1.54) is 23.5 Å². The van der Waals surface area contributed by atoms with Crippen LogP contribution in [0.4, 0.5) is 5.69 Å². The van der Waals surface area contributed by atoms with Crippen LogP contribution < -0.4 is 9.46 Å². The number of aryl methyl sites for hydroxylation is 1. The molecule has 3 aromatic rings. The van der Waals surface area contributed by atoms with Gasteiger partial charge in [0.25, 0.3) is 10.0 Å². The summed E-state index contributed by atoms with van der Waals surface area (Å²) >= 11 is 0. The Morgan fingerprint density at radius 2 is 1.62 bits per heavy atom. The molecular weight excluding hydrogens is 448 g/mol. The van der Waals surface area contributed by atoms with Crippen LogP contribution in [0.2, 0.25) is 0 Å². The summed E-state index contributed by atoms with van der Waals surface area (Å²) in [7, 11) is -5.99. The molecule has 1 N–H and O–H groups in total. The third kappa shape index (κ3) is 4.50. The van der Waals surface area contributed by atoms with Gasteiger partial charge in [-0.25, -0.2) is 16.8 Å². The number of sulfonamides is 2. The van der Waals surface area contributed by atoms with Crippen molar-refractivity contribution in [2.45, 2.75) is 29.7 Å². The number of methoxy groups -OCH3 is 1. The van der Waals surface area contributed by atoms with Crippen LogP contribution in [0, 0.1) is 6.92 Å². The molecule has 0 aromatic heterocycles. The highest BCUT2D eigenvalue weighted by atomic mass is 32.2. The van der Waals surface area contributed by atoms with Gasteiger partial charge in [0.2, 0.25) is 10.0 Å². The molecule has 0 saturated carbocycles. The zero-order valence-corrected chi connectivity index (χ0v) is 19.4. The van der Waals surface area contributed by atoms with Gasteiger partial charge < -0.3 is 4.74 Å². The fraction of sp³-hybridized carbons (Fsp3) is 0.217. The first-order valence-electron chi connectivity index (χ1n) is 10.0. The highest BCUT2D eigenvalue weighted by molar-refractivity contribution is 7.92. The van der Waals surface area contributed by atoms with Crippen molar-refractivity contribution in [3.8, 4) is 5.75 Å². The molecule has 0 aliphatic carbocycles. The Bertz CT molecular complexity index is 1350. The molecule has 0 atom stereocenters. The van der Waals surface area contributed by atoms with Crippen LogP contribution in [0.3, 0.4) is 0 Å². The lowest BCUT2D eigenvalue weighted by Gasteiger charge is -2.28. The Morgan fingerprint density at radius 3 is 2.34 bits per heavy atom. The summed E-state index contributed by atoms with van der Waals surface area (Å²) in [4.78, 5) is 0.333. The Balaban J connectivity index is 1.58. The predicted octanol–water partition coefficient (Wildman–Crippen LogP) is 3.55. The average Bonchev–Trinajstić information content (AvgIpc) is 2.78. The zero-order chi connectivity index (χ0) is 22.9. The van der Waals surface area contributed by atoms with Crippen LogP contribution in [0.25, 0.3) is 0 Å². The second-order valence-corrected chi connectivity index (χ2v) is 11.3. The zero-order valence-electron chi connectivity index (χ0n) is 17.8. The van der Waals surface area contributed by atoms with Gasteiger partial charge in [-0.2, -0.15) is 4.31 Å². The number of benzene rings is 3. The molecule has 4 rings (SSSR count). The number of ether oxygens (including phenoxy) is 1. The first kappa shape index (κ1) is 22.3. The van der Waals surface area contributed by atoms with E-state index < -0.39 is 20.0 Å². The summed E-state index contributed by atoms with van der Waals surface area (Å²) in [5.41, 5.74) is 3.14. The van der Waals surface area contributed by atoms with Crippen LogP contribution in [0.1, 0.15) is 16.7 Å². The molecule has 9 heteroatoms. The molecule has 168 valence electrons. The van der Waals surface area contributed by atoms with Gasteiger partial charge in [0, 0.05) is 24.8 Å². The molecule has 0 fully saturated rings. The minimum atomic E-state index is -3.82. The SMILES string of the molecule is COc1cccc(S(=O)(=O)Nc2ccc3c(c2)CN(S(=O)(=O)c2ccc(C)cc2)CC3)c1. The summed E-state index contributed by atoms with van der Waals surface area (Å²) in [5.74, 6) is 0.440. The molecule has 3 aromatic carbocycles. The maximum absolute atomic E-state index is 13.1. The van der Waals surface area contributed by atoms with E-state index in [2.05, 4.69) is 4.72 Å². The number of fused-ring (bicyclic) bond motifs is 1. The van der Waals surface area contributed by atoms with Gasteiger partial charge in [0.05, 0.1) is 16.9 Å². The van der Waals surface area contributed by atoms with E-state index in [1.54, 1.807) is 48.5 Å². The van der Waals surface area contributed by atoms with Gasteiger partial charge in [-0.15, -0.1) is 0 Å². The van der Waals surface area contributed by atoms with Crippen molar-refractivity contribution in [3.63, 3.8) is 0 Å². The third-order valence-corrected chi connectivity index (χ3v) is 8.68. The standard InChI is InChI=1S/C23H24N2O5S2/c1-17-6-10-22(11-7-17)32(28,29)25-13-12-18-8-9-20(14-19(18)16-25)24-31(26,27)23-5-3-4-21(15-23)30-2/h3-11,14-15,24H,12-13,16H2,1-2H3. The highest BCUT2D eigenvalue weighted by Crippen LogP contribution is 2.28. The monoisotopic (exact) mass is 472 g/mol. The summed E-state index contributed by atoms with van der Waals surface area (Å²) in [6.45, 7) is 2.46. The molecule has 1 aliphatic heterocycles. The molecule has 1 aliphatic rings. The second-order valence-electron chi connectivity index (χ2n) is 7.67. The fourth-order valence-electron chi connectivity index (χ4n) is 3.64. The van der Waals surface area contributed by atoms with E-state index in [0.29, 0.717) is 24.4 Å². The smallest absolute Gasteiger partial charge is 0.262 e. The molecule has 0 bridgehead atoms. The van der Waals surface area contributed by atoms with Crippen LogP contribution in [0.15, 0.2) is 76.5 Å². The molecule has 1 heterocycles.